The fraction of sp³-hybridized carbons (Fsp3) is 0.364. The van der Waals surface area contributed by atoms with Gasteiger partial charge in [0, 0.05) is 31.7 Å². The van der Waals surface area contributed by atoms with E-state index in [1.54, 1.807) is 12.1 Å². The zero-order chi connectivity index (χ0) is 18.9. The summed E-state index contributed by atoms with van der Waals surface area (Å²) in [5, 5.41) is 5.83. The Balaban J connectivity index is 1.39. The fourth-order valence-corrected chi connectivity index (χ4v) is 3.08. The molecule has 1 atom stereocenters. The maximum absolute atomic E-state index is 12.2. The van der Waals surface area contributed by atoms with Crippen LogP contribution in [0.5, 0.6) is 0 Å². The molecule has 0 aromatic heterocycles. The molecule has 2 aromatic carbocycles. The number of carbonyl (C=O) groups excluding carboxylic acids is 2. The van der Waals surface area contributed by atoms with Crippen LogP contribution in [0.25, 0.3) is 0 Å². The second-order valence-electron chi connectivity index (χ2n) is 6.80. The maximum Gasteiger partial charge on any atom is 0.251 e. The Kier molecular flexibility index (Phi) is 6.99. The molecule has 1 fully saturated rings. The van der Waals surface area contributed by atoms with Gasteiger partial charge in [-0.3, -0.25) is 9.59 Å². The molecule has 142 valence electrons. The lowest BCUT2D eigenvalue weighted by molar-refractivity contribution is -0.121. The summed E-state index contributed by atoms with van der Waals surface area (Å²) < 4.78 is 5.51. The molecule has 1 saturated heterocycles. The van der Waals surface area contributed by atoms with Crippen LogP contribution in [0.4, 0.5) is 0 Å². The number of hydrogen-bond donors (Lipinski definition) is 2. The Labute approximate surface area is 160 Å². The number of amides is 2. The minimum Gasteiger partial charge on any atom is -0.376 e. The van der Waals surface area contributed by atoms with Crippen LogP contribution in [0.15, 0.2) is 54.6 Å². The molecule has 1 unspecified atom stereocenters. The van der Waals surface area contributed by atoms with Crippen LogP contribution < -0.4 is 10.6 Å². The van der Waals surface area contributed by atoms with Crippen LogP contribution >= 0.6 is 0 Å². The first kappa shape index (κ1) is 19.1. The van der Waals surface area contributed by atoms with E-state index >= 15 is 0 Å². The first-order chi connectivity index (χ1) is 13.2. The number of hydrogen-bond acceptors (Lipinski definition) is 3. The van der Waals surface area contributed by atoms with Gasteiger partial charge in [-0.05, 0) is 42.5 Å². The van der Waals surface area contributed by atoms with E-state index in [1.807, 2.05) is 42.5 Å². The van der Waals surface area contributed by atoms with Crippen molar-refractivity contribution in [3.05, 3.63) is 71.3 Å². The minimum absolute atomic E-state index is 0.0252. The number of rotatable bonds is 8. The predicted octanol–water partition coefficient (Wildman–Crippen LogP) is 2.84. The lowest BCUT2D eigenvalue weighted by atomic mass is 10.1. The Bertz CT molecular complexity index is 738. The second kappa shape index (κ2) is 9.88. The third kappa shape index (κ3) is 6.22. The quantitative estimate of drug-likeness (QED) is 0.755. The summed E-state index contributed by atoms with van der Waals surface area (Å²) in [5.74, 6) is -0.0683. The average molecular weight is 366 g/mol. The number of ether oxygens (including phenoxy) is 1. The summed E-state index contributed by atoms with van der Waals surface area (Å²) in [5.41, 5.74) is 2.75. The van der Waals surface area contributed by atoms with Gasteiger partial charge in [0.2, 0.25) is 5.91 Å². The summed E-state index contributed by atoms with van der Waals surface area (Å²) in [6.07, 6.45) is 3.40. The lowest BCUT2D eigenvalue weighted by Gasteiger charge is -2.11. The van der Waals surface area contributed by atoms with E-state index in [-0.39, 0.29) is 17.9 Å². The third-order valence-electron chi connectivity index (χ3n) is 4.70. The van der Waals surface area contributed by atoms with Gasteiger partial charge in [-0.15, -0.1) is 0 Å². The highest BCUT2D eigenvalue weighted by atomic mass is 16.5. The van der Waals surface area contributed by atoms with E-state index in [2.05, 4.69) is 10.6 Å². The molecule has 0 radical (unpaired) electrons. The zero-order valence-electron chi connectivity index (χ0n) is 15.4. The predicted molar refractivity (Wildman–Crippen MR) is 104 cm³/mol. The van der Waals surface area contributed by atoms with Crippen molar-refractivity contribution >= 4 is 11.8 Å². The maximum atomic E-state index is 12.2. The largest absolute Gasteiger partial charge is 0.376 e. The van der Waals surface area contributed by atoms with Gasteiger partial charge >= 0.3 is 0 Å². The fourth-order valence-electron chi connectivity index (χ4n) is 3.08. The molecule has 5 nitrogen and oxygen atoms in total. The summed E-state index contributed by atoms with van der Waals surface area (Å²) in [6, 6.07) is 17.3. The SMILES string of the molecule is O=C(CCc1ccccc1)NCc1ccc(C(=O)NCC2CCCO2)cc1. The van der Waals surface area contributed by atoms with E-state index in [4.69, 9.17) is 4.74 Å². The molecular formula is C22H26N2O3. The summed E-state index contributed by atoms with van der Waals surface area (Å²) in [7, 11) is 0. The van der Waals surface area contributed by atoms with Gasteiger partial charge in [0.05, 0.1) is 6.10 Å². The lowest BCUT2D eigenvalue weighted by Crippen LogP contribution is -2.31. The highest BCUT2D eigenvalue weighted by molar-refractivity contribution is 5.94. The molecule has 1 heterocycles. The Morgan fingerprint density at radius 3 is 2.44 bits per heavy atom. The Morgan fingerprint density at radius 1 is 0.963 bits per heavy atom. The van der Waals surface area contributed by atoms with Crippen molar-refractivity contribution in [2.75, 3.05) is 13.2 Å². The van der Waals surface area contributed by atoms with Crippen LogP contribution in [0.3, 0.4) is 0 Å². The molecule has 1 aliphatic heterocycles. The average Bonchev–Trinajstić information content (AvgIpc) is 3.24. The van der Waals surface area contributed by atoms with Gasteiger partial charge in [0.15, 0.2) is 0 Å². The number of carbonyl (C=O) groups is 2. The standard InChI is InChI=1S/C22H26N2O3/c25-21(13-10-17-5-2-1-3-6-17)23-15-18-8-11-19(12-9-18)22(26)24-16-20-7-4-14-27-20/h1-3,5-6,8-9,11-12,20H,4,7,10,13-16H2,(H,23,25)(H,24,26). The van der Waals surface area contributed by atoms with Gasteiger partial charge < -0.3 is 15.4 Å². The van der Waals surface area contributed by atoms with Crippen molar-refractivity contribution in [2.45, 2.75) is 38.3 Å². The van der Waals surface area contributed by atoms with Crippen molar-refractivity contribution in [3.8, 4) is 0 Å². The van der Waals surface area contributed by atoms with Crippen LogP contribution in [0.1, 0.15) is 40.7 Å². The van der Waals surface area contributed by atoms with Gasteiger partial charge in [-0.25, -0.2) is 0 Å². The highest BCUT2D eigenvalue weighted by Gasteiger charge is 2.16. The monoisotopic (exact) mass is 366 g/mol. The van der Waals surface area contributed by atoms with Crippen LogP contribution in [-0.2, 0) is 22.5 Å². The first-order valence-corrected chi connectivity index (χ1v) is 9.50. The van der Waals surface area contributed by atoms with Crippen LogP contribution in [-0.4, -0.2) is 31.1 Å². The Morgan fingerprint density at radius 2 is 1.74 bits per heavy atom. The third-order valence-corrected chi connectivity index (χ3v) is 4.70. The van der Waals surface area contributed by atoms with Crippen molar-refractivity contribution < 1.29 is 14.3 Å². The van der Waals surface area contributed by atoms with Crippen LogP contribution in [0.2, 0.25) is 0 Å². The first-order valence-electron chi connectivity index (χ1n) is 9.50. The molecule has 5 heteroatoms. The summed E-state index contributed by atoms with van der Waals surface area (Å²) >= 11 is 0. The molecule has 1 aliphatic rings. The second-order valence-corrected chi connectivity index (χ2v) is 6.80. The molecule has 0 saturated carbocycles. The van der Waals surface area contributed by atoms with E-state index in [1.165, 1.54) is 0 Å². The van der Waals surface area contributed by atoms with Crippen molar-refractivity contribution in [1.29, 1.82) is 0 Å². The van der Waals surface area contributed by atoms with Crippen molar-refractivity contribution in [1.82, 2.24) is 10.6 Å². The van der Waals surface area contributed by atoms with E-state index < -0.39 is 0 Å². The Hall–Kier alpha value is -2.66. The molecule has 2 N–H and O–H groups in total. The smallest absolute Gasteiger partial charge is 0.251 e. The normalized spacial score (nSPS) is 16.1. The van der Waals surface area contributed by atoms with E-state index in [0.717, 1.165) is 37.0 Å². The summed E-state index contributed by atoms with van der Waals surface area (Å²) in [4.78, 5) is 24.2. The molecule has 3 rings (SSSR count). The molecule has 2 amide bonds. The van der Waals surface area contributed by atoms with Crippen LogP contribution in [0, 0.1) is 0 Å². The number of aryl methyl sites for hydroxylation is 1. The van der Waals surface area contributed by atoms with Gasteiger partial charge in [-0.2, -0.15) is 0 Å². The number of benzene rings is 2. The molecular weight excluding hydrogens is 340 g/mol. The topological polar surface area (TPSA) is 67.4 Å². The minimum atomic E-state index is -0.0936. The molecule has 0 spiro atoms. The van der Waals surface area contributed by atoms with Gasteiger partial charge in [0.25, 0.3) is 5.91 Å². The van der Waals surface area contributed by atoms with Crippen molar-refractivity contribution in [2.24, 2.45) is 0 Å². The van der Waals surface area contributed by atoms with Gasteiger partial charge in [-0.1, -0.05) is 42.5 Å². The molecule has 27 heavy (non-hydrogen) atoms. The number of nitrogens with one attached hydrogen (secondary N) is 2. The van der Waals surface area contributed by atoms with E-state index in [0.29, 0.717) is 25.1 Å². The van der Waals surface area contributed by atoms with Crippen molar-refractivity contribution in [3.63, 3.8) is 0 Å². The summed E-state index contributed by atoms with van der Waals surface area (Å²) in [6.45, 7) is 1.80. The molecule has 0 aliphatic carbocycles. The van der Waals surface area contributed by atoms with Gasteiger partial charge in [0.1, 0.15) is 0 Å². The molecule has 2 aromatic rings. The zero-order valence-corrected chi connectivity index (χ0v) is 15.4. The molecule has 0 bridgehead atoms. The highest BCUT2D eigenvalue weighted by Crippen LogP contribution is 2.11. The van der Waals surface area contributed by atoms with E-state index in [9.17, 15) is 9.59 Å².